The van der Waals surface area contributed by atoms with Crippen molar-refractivity contribution in [2.75, 3.05) is 11.9 Å². The molecule has 0 unspecified atom stereocenters. The number of anilines is 1. The van der Waals surface area contributed by atoms with Gasteiger partial charge in [0.1, 0.15) is 7.05 Å². The highest BCUT2D eigenvalue weighted by atomic mass is 16.3. The Bertz CT molecular complexity index is 934. The van der Waals surface area contributed by atoms with E-state index < -0.39 is 0 Å². The van der Waals surface area contributed by atoms with Crippen LogP contribution in [0.5, 0.6) is 0 Å². The zero-order valence-corrected chi connectivity index (χ0v) is 14.0. The van der Waals surface area contributed by atoms with Gasteiger partial charge in [0.05, 0.1) is 6.08 Å². The second kappa shape index (κ2) is 4.72. The molecule has 0 fully saturated rings. The maximum atomic E-state index is 6.06. The van der Waals surface area contributed by atoms with Crippen LogP contribution in [0.3, 0.4) is 0 Å². The Morgan fingerprint density at radius 1 is 1.04 bits per heavy atom. The van der Waals surface area contributed by atoms with E-state index in [1.807, 2.05) is 25.2 Å². The van der Waals surface area contributed by atoms with Gasteiger partial charge in [0.15, 0.2) is 0 Å². The van der Waals surface area contributed by atoms with Gasteiger partial charge in [0.2, 0.25) is 5.58 Å². The van der Waals surface area contributed by atoms with Crippen LogP contribution < -0.4 is 9.47 Å². The highest BCUT2D eigenvalue weighted by Gasteiger charge is 2.39. The summed E-state index contributed by atoms with van der Waals surface area (Å²) in [4.78, 5) is 2.27. The van der Waals surface area contributed by atoms with Crippen LogP contribution >= 0.6 is 0 Å². The van der Waals surface area contributed by atoms with Crippen molar-refractivity contribution in [2.24, 2.45) is 7.05 Å². The van der Waals surface area contributed by atoms with Crippen molar-refractivity contribution in [1.82, 2.24) is 0 Å². The van der Waals surface area contributed by atoms with E-state index in [1.54, 1.807) is 0 Å². The molecule has 0 spiro atoms. The fraction of sp³-hybridized carbons (Fsp3) is 0.250. The number of para-hydroxylation sites is 3. The molecule has 1 aliphatic rings. The molecule has 0 bridgehead atoms. The summed E-state index contributed by atoms with van der Waals surface area (Å²) < 4.78 is 8.17. The molecule has 3 aromatic rings. The fourth-order valence-electron chi connectivity index (χ4n) is 3.62. The average Bonchev–Trinajstić information content (AvgIpc) is 2.97. The van der Waals surface area contributed by atoms with Crippen molar-refractivity contribution in [3.8, 4) is 0 Å². The first-order chi connectivity index (χ1) is 11.0. The van der Waals surface area contributed by atoms with Gasteiger partial charge in [-0.2, -0.15) is 4.57 Å². The van der Waals surface area contributed by atoms with Crippen molar-refractivity contribution in [3.63, 3.8) is 0 Å². The van der Waals surface area contributed by atoms with Gasteiger partial charge in [-0.05, 0) is 17.7 Å². The lowest BCUT2D eigenvalue weighted by Gasteiger charge is -2.23. The molecule has 2 aromatic carbocycles. The molecular weight excluding hydrogens is 284 g/mol. The van der Waals surface area contributed by atoms with Crippen molar-refractivity contribution < 1.29 is 8.98 Å². The Hall–Kier alpha value is -2.55. The lowest BCUT2D eigenvalue weighted by atomic mass is 9.84. The van der Waals surface area contributed by atoms with Crippen LogP contribution in [0.15, 0.2) is 58.6 Å². The Morgan fingerprint density at radius 3 is 2.48 bits per heavy atom. The van der Waals surface area contributed by atoms with Gasteiger partial charge in [0.25, 0.3) is 5.52 Å². The van der Waals surface area contributed by atoms with Gasteiger partial charge in [-0.3, -0.25) is 0 Å². The number of fused-ring (bicyclic) bond motifs is 2. The maximum Gasteiger partial charge on any atom is 0.375 e. The summed E-state index contributed by atoms with van der Waals surface area (Å²) in [5.41, 5.74) is 5.84. The summed E-state index contributed by atoms with van der Waals surface area (Å²) >= 11 is 0. The number of benzene rings is 2. The number of nitrogens with zero attached hydrogens (tertiary/aromatic N) is 2. The highest BCUT2D eigenvalue weighted by molar-refractivity contribution is 5.75. The maximum absolute atomic E-state index is 6.06. The van der Waals surface area contributed by atoms with Crippen LogP contribution in [-0.4, -0.2) is 7.05 Å². The number of aromatic nitrogens is 1. The minimum absolute atomic E-state index is 0.0443. The number of aryl methyl sites for hydroxylation is 1. The lowest BCUT2D eigenvalue weighted by Crippen LogP contribution is -2.31. The Labute approximate surface area is 136 Å². The van der Waals surface area contributed by atoms with Crippen LogP contribution in [0.4, 0.5) is 5.69 Å². The third kappa shape index (κ3) is 1.93. The molecule has 0 atom stereocenters. The first kappa shape index (κ1) is 14.1. The predicted octanol–water partition coefficient (Wildman–Crippen LogP) is 4.03. The molecule has 0 N–H and O–H groups in total. The number of hydrogen-bond acceptors (Lipinski definition) is 2. The number of allylic oxidation sites excluding steroid dienone is 1. The van der Waals surface area contributed by atoms with E-state index in [0.29, 0.717) is 0 Å². The summed E-state index contributed by atoms with van der Waals surface area (Å²) in [5.74, 6) is 0.869. The molecule has 3 heteroatoms. The Balaban J connectivity index is 1.90. The molecule has 116 valence electrons. The lowest BCUT2D eigenvalue weighted by molar-refractivity contribution is -0.652. The molecule has 1 aliphatic heterocycles. The minimum Gasteiger partial charge on any atom is -0.398 e. The summed E-state index contributed by atoms with van der Waals surface area (Å²) in [5, 5.41) is 0. The molecule has 0 saturated carbocycles. The molecule has 0 radical (unpaired) electrons. The van der Waals surface area contributed by atoms with Crippen molar-refractivity contribution in [1.29, 1.82) is 0 Å². The molecule has 23 heavy (non-hydrogen) atoms. The second-order valence-electron chi connectivity index (χ2n) is 6.70. The number of hydrogen-bond donors (Lipinski definition) is 0. The molecule has 0 saturated heterocycles. The van der Waals surface area contributed by atoms with Gasteiger partial charge >= 0.3 is 5.89 Å². The third-order valence-corrected chi connectivity index (χ3v) is 4.97. The van der Waals surface area contributed by atoms with E-state index >= 15 is 0 Å². The van der Waals surface area contributed by atoms with E-state index in [1.165, 1.54) is 16.9 Å². The molecule has 3 nitrogen and oxygen atoms in total. The molecule has 0 aliphatic carbocycles. The summed E-state index contributed by atoms with van der Waals surface area (Å²) in [6, 6.07) is 16.7. The standard InChI is InChI=1S/C20H21N2O/c1-20(2)14-9-5-6-10-15(14)21(3)18(20)13-19-22(4)16-11-7-8-12-17(16)23-19/h5-13H,1-4H3/q+1. The average molecular weight is 305 g/mol. The molecule has 2 heterocycles. The van der Waals surface area contributed by atoms with Crippen molar-refractivity contribution in [2.45, 2.75) is 19.3 Å². The number of rotatable bonds is 1. The van der Waals surface area contributed by atoms with Gasteiger partial charge in [0, 0.05) is 29.9 Å². The highest BCUT2D eigenvalue weighted by Crippen LogP contribution is 2.47. The summed E-state index contributed by atoms with van der Waals surface area (Å²) in [7, 11) is 4.18. The zero-order chi connectivity index (χ0) is 16.2. The molecule has 4 rings (SSSR count). The van der Waals surface area contributed by atoms with E-state index in [9.17, 15) is 0 Å². The Morgan fingerprint density at radius 2 is 1.74 bits per heavy atom. The van der Waals surface area contributed by atoms with Gasteiger partial charge < -0.3 is 9.32 Å². The number of oxazole rings is 1. The van der Waals surface area contributed by atoms with E-state index in [4.69, 9.17) is 4.42 Å². The van der Waals surface area contributed by atoms with E-state index in [-0.39, 0.29) is 5.41 Å². The smallest absolute Gasteiger partial charge is 0.375 e. The van der Waals surface area contributed by atoms with Crippen LogP contribution in [0.1, 0.15) is 25.3 Å². The van der Waals surface area contributed by atoms with Gasteiger partial charge in [-0.1, -0.05) is 44.2 Å². The molecule has 1 aromatic heterocycles. The van der Waals surface area contributed by atoms with Crippen molar-refractivity contribution >= 4 is 22.9 Å². The van der Waals surface area contributed by atoms with Crippen LogP contribution in [-0.2, 0) is 12.5 Å². The SMILES string of the molecule is CN1C(=Cc2oc3ccccc3[n+]2C)C(C)(C)c2ccccc21. The van der Waals surface area contributed by atoms with Crippen LogP contribution in [0, 0.1) is 0 Å². The van der Waals surface area contributed by atoms with E-state index in [2.05, 4.69) is 66.8 Å². The van der Waals surface area contributed by atoms with Gasteiger partial charge in [-0.15, -0.1) is 0 Å². The normalized spacial score (nSPS) is 17.9. The minimum atomic E-state index is -0.0443. The second-order valence-corrected chi connectivity index (χ2v) is 6.70. The fourth-order valence-corrected chi connectivity index (χ4v) is 3.62. The first-order valence-corrected chi connectivity index (χ1v) is 7.93. The Kier molecular flexibility index (Phi) is 2.89. The van der Waals surface area contributed by atoms with Crippen molar-refractivity contribution in [3.05, 3.63) is 65.7 Å². The summed E-state index contributed by atoms with van der Waals surface area (Å²) in [6.07, 6.45) is 2.17. The monoisotopic (exact) mass is 305 g/mol. The quantitative estimate of drug-likeness (QED) is 0.633. The first-order valence-electron chi connectivity index (χ1n) is 7.93. The number of likely N-dealkylation sites (N-methyl/N-ethyl adjacent to an activating group) is 1. The summed E-state index contributed by atoms with van der Waals surface area (Å²) in [6.45, 7) is 4.54. The zero-order valence-electron chi connectivity index (χ0n) is 14.0. The topological polar surface area (TPSA) is 20.3 Å². The van der Waals surface area contributed by atoms with Gasteiger partial charge in [-0.25, -0.2) is 0 Å². The third-order valence-electron chi connectivity index (χ3n) is 4.97. The largest absolute Gasteiger partial charge is 0.398 e. The molecule has 0 amide bonds. The van der Waals surface area contributed by atoms with Crippen LogP contribution in [0.25, 0.3) is 17.2 Å². The molecular formula is C20H21N2O+. The van der Waals surface area contributed by atoms with Crippen LogP contribution in [0.2, 0.25) is 0 Å². The predicted molar refractivity (Wildman–Crippen MR) is 93.2 cm³/mol. The van der Waals surface area contributed by atoms with E-state index in [0.717, 1.165) is 17.0 Å².